The maximum absolute atomic E-state index is 10.5. The molecule has 0 saturated heterocycles. The summed E-state index contributed by atoms with van der Waals surface area (Å²) in [6.45, 7) is 0. The first kappa shape index (κ1) is 15.5. The van der Waals surface area contributed by atoms with Crippen LogP contribution < -0.4 is 0 Å². The molecule has 0 atom stereocenters. The van der Waals surface area contributed by atoms with E-state index in [0.29, 0.717) is 11.1 Å². The lowest BCUT2D eigenvalue weighted by molar-refractivity contribution is 0.470. The fourth-order valence-electron chi connectivity index (χ4n) is 3.10. The van der Waals surface area contributed by atoms with Crippen LogP contribution in [-0.2, 0) is 0 Å². The zero-order chi connectivity index (χ0) is 16.8. The van der Waals surface area contributed by atoms with E-state index in [0.717, 1.165) is 30.5 Å². The molecule has 0 amide bonds. The summed E-state index contributed by atoms with van der Waals surface area (Å²) in [7, 11) is 0. The van der Waals surface area contributed by atoms with Crippen LogP contribution >= 0.6 is 31.9 Å². The van der Waals surface area contributed by atoms with Crippen molar-refractivity contribution in [2.24, 2.45) is 0 Å². The van der Waals surface area contributed by atoms with E-state index < -0.39 is 0 Å². The maximum atomic E-state index is 10.5. The average Bonchev–Trinajstić information content (AvgIpc) is 2.56. The second kappa shape index (κ2) is 5.80. The predicted octanol–water partition coefficient (Wildman–Crippen LogP) is 6.60. The number of phenolic OH excluding ortho intramolecular Hbond substituents is 2. The minimum absolute atomic E-state index is 0.149. The van der Waals surface area contributed by atoms with Gasteiger partial charge in [-0.1, -0.05) is 56.1 Å². The Labute approximate surface area is 155 Å². The first-order valence-electron chi connectivity index (χ1n) is 7.37. The molecule has 0 unspecified atom stereocenters. The van der Waals surface area contributed by atoms with E-state index in [1.165, 1.54) is 0 Å². The van der Waals surface area contributed by atoms with Crippen molar-refractivity contribution in [3.05, 3.63) is 69.6 Å². The Hall–Kier alpha value is -2.04. The quantitative estimate of drug-likeness (QED) is 0.348. The molecule has 0 spiro atoms. The summed E-state index contributed by atoms with van der Waals surface area (Å²) in [6.07, 6.45) is 0. The van der Waals surface area contributed by atoms with Gasteiger partial charge in [-0.25, -0.2) is 0 Å². The molecule has 4 rings (SSSR count). The third kappa shape index (κ3) is 2.46. The van der Waals surface area contributed by atoms with Crippen molar-refractivity contribution in [3.8, 4) is 22.6 Å². The van der Waals surface area contributed by atoms with Crippen molar-refractivity contribution in [2.45, 2.75) is 0 Å². The highest BCUT2D eigenvalue weighted by Gasteiger charge is 2.16. The van der Waals surface area contributed by atoms with E-state index >= 15 is 0 Å². The van der Waals surface area contributed by atoms with Crippen molar-refractivity contribution in [1.82, 2.24) is 0 Å². The molecule has 0 aliphatic heterocycles. The minimum Gasteiger partial charge on any atom is -0.507 e. The standard InChI is InChI=1S/C20H12Br2O2/c21-13-3-5-15-11(9-13)1-7-17(23)19(15)20-16-6-4-14(22)10-12(16)2-8-18(20)24/h1-10,23-24H. The van der Waals surface area contributed by atoms with Crippen LogP contribution in [0.25, 0.3) is 32.7 Å². The highest BCUT2D eigenvalue weighted by Crippen LogP contribution is 2.45. The van der Waals surface area contributed by atoms with E-state index in [2.05, 4.69) is 31.9 Å². The van der Waals surface area contributed by atoms with Gasteiger partial charge < -0.3 is 10.2 Å². The Morgan fingerprint density at radius 2 is 0.958 bits per heavy atom. The number of halogens is 2. The van der Waals surface area contributed by atoms with Crippen molar-refractivity contribution in [2.75, 3.05) is 0 Å². The molecule has 0 radical (unpaired) electrons. The number of phenols is 2. The van der Waals surface area contributed by atoms with Crippen LogP contribution in [0, 0.1) is 0 Å². The summed E-state index contributed by atoms with van der Waals surface area (Å²) < 4.78 is 1.94. The summed E-state index contributed by atoms with van der Waals surface area (Å²) in [5, 5.41) is 24.8. The first-order chi connectivity index (χ1) is 11.5. The summed E-state index contributed by atoms with van der Waals surface area (Å²) in [5.74, 6) is 0.297. The summed E-state index contributed by atoms with van der Waals surface area (Å²) in [6, 6.07) is 18.8. The van der Waals surface area contributed by atoms with Crippen LogP contribution in [0.4, 0.5) is 0 Å². The van der Waals surface area contributed by atoms with Crippen LogP contribution in [0.5, 0.6) is 11.5 Å². The van der Waals surface area contributed by atoms with Gasteiger partial charge in [0.25, 0.3) is 0 Å². The average molecular weight is 444 g/mol. The third-order valence-electron chi connectivity index (χ3n) is 4.17. The lowest BCUT2D eigenvalue weighted by Crippen LogP contribution is -1.87. The zero-order valence-corrected chi connectivity index (χ0v) is 15.6. The SMILES string of the molecule is Oc1ccc2cc(Br)ccc2c1-c1c(O)ccc2cc(Br)ccc12. The summed E-state index contributed by atoms with van der Waals surface area (Å²) >= 11 is 6.95. The Kier molecular flexibility index (Phi) is 3.74. The summed E-state index contributed by atoms with van der Waals surface area (Å²) in [4.78, 5) is 0. The fraction of sp³-hybridized carbons (Fsp3) is 0. The van der Waals surface area contributed by atoms with Gasteiger partial charge in [0.05, 0.1) is 0 Å². The molecular weight excluding hydrogens is 432 g/mol. The molecular formula is C20H12Br2O2. The molecule has 24 heavy (non-hydrogen) atoms. The molecule has 4 heteroatoms. The Balaban J connectivity index is 2.17. The molecule has 2 N–H and O–H groups in total. The van der Waals surface area contributed by atoms with Crippen molar-refractivity contribution >= 4 is 53.4 Å². The molecule has 4 aromatic carbocycles. The predicted molar refractivity (Wildman–Crippen MR) is 106 cm³/mol. The lowest BCUT2D eigenvalue weighted by Gasteiger charge is -2.14. The number of hydrogen-bond donors (Lipinski definition) is 2. The maximum Gasteiger partial charge on any atom is 0.124 e. The smallest absolute Gasteiger partial charge is 0.124 e. The fourth-order valence-corrected chi connectivity index (χ4v) is 3.86. The van der Waals surface area contributed by atoms with Gasteiger partial charge in [-0.15, -0.1) is 0 Å². The largest absolute Gasteiger partial charge is 0.507 e. The van der Waals surface area contributed by atoms with E-state index in [1.807, 2.05) is 48.5 Å². The number of hydrogen-bond acceptors (Lipinski definition) is 2. The van der Waals surface area contributed by atoms with E-state index in [1.54, 1.807) is 12.1 Å². The number of aromatic hydroxyl groups is 2. The first-order valence-corrected chi connectivity index (χ1v) is 8.96. The monoisotopic (exact) mass is 442 g/mol. The molecule has 0 bridgehead atoms. The topological polar surface area (TPSA) is 40.5 Å². The normalized spacial score (nSPS) is 11.2. The number of rotatable bonds is 1. The van der Waals surface area contributed by atoms with Gasteiger partial charge >= 0.3 is 0 Å². The molecule has 118 valence electrons. The Morgan fingerprint density at radius 1 is 0.542 bits per heavy atom. The van der Waals surface area contributed by atoms with Gasteiger partial charge in [0.1, 0.15) is 11.5 Å². The zero-order valence-electron chi connectivity index (χ0n) is 12.4. The molecule has 0 heterocycles. The van der Waals surface area contributed by atoms with Crippen LogP contribution in [-0.4, -0.2) is 10.2 Å². The molecule has 0 fully saturated rings. The van der Waals surface area contributed by atoms with Crippen LogP contribution in [0.3, 0.4) is 0 Å². The van der Waals surface area contributed by atoms with Gasteiger partial charge in [-0.2, -0.15) is 0 Å². The van der Waals surface area contributed by atoms with E-state index in [4.69, 9.17) is 0 Å². The molecule has 0 aliphatic rings. The molecule has 2 nitrogen and oxygen atoms in total. The van der Waals surface area contributed by atoms with Crippen LogP contribution in [0.1, 0.15) is 0 Å². The number of benzene rings is 4. The Bertz CT molecular complexity index is 1010. The Morgan fingerprint density at radius 3 is 1.38 bits per heavy atom. The lowest BCUT2D eigenvalue weighted by atomic mass is 9.92. The van der Waals surface area contributed by atoms with Crippen molar-refractivity contribution < 1.29 is 10.2 Å². The van der Waals surface area contributed by atoms with Crippen LogP contribution in [0.15, 0.2) is 69.6 Å². The molecule has 0 aliphatic carbocycles. The van der Waals surface area contributed by atoms with Crippen molar-refractivity contribution in [1.29, 1.82) is 0 Å². The van der Waals surface area contributed by atoms with Gasteiger partial charge in [0.2, 0.25) is 0 Å². The van der Waals surface area contributed by atoms with Gasteiger partial charge in [-0.3, -0.25) is 0 Å². The molecule has 0 aromatic heterocycles. The van der Waals surface area contributed by atoms with Gasteiger partial charge in [0, 0.05) is 20.1 Å². The van der Waals surface area contributed by atoms with Crippen LogP contribution in [0.2, 0.25) is 0 Å². The second-order valence-electron chi connectivity index (χ2n) is 5.65. The third-order valence-corrected chi connectivity index (χ3v) is 5.16. The highest BCUT2D eigenvalue weighted by atomic mass is 79.9. The van der Waals surface area contributed by atoms with E-state index in [-0.39, 0.29) is 11.5 Å². The summed E-state index contributed by atoms with van der Waals surface area (Å²) in [5.41, 5.74) is 1.29. The van der Waals surface area contributed by atoms with Gasteiger partial charge in [-0.05, 0) is 57.9 Å². The molecule has 0 saturated carbocycles. The number of fused-ring (bicyclic) bond motifs is 2. The minimum atomic E-state index is 0.149. The van der Waals surface area contributed by atoms with Gasteiger partial charge in [0.15, 0.2) is 0 Å². The van der Waals surface area contributed by atoms with E-state index in [9.17, 15) is 10.2 Å². The second-order valence-corrected chi connectivity index (χ2v) is 7.48. The van der Waals surface area contributed by atoms with Crippen molar-refractivity contribution in [3.63, 3.8) is 0 Å². The highest BCUT2D eigenvalue weighted by molar-refractivity contribution is 9.10. The molecule has 4 aromatic rings.